The second-order valence-electron chi connectivity index (χ2n) is 2.41. The predicted octanol–water partition coefficient (Wildman–Crippen LogP) is 0.302. The van der Waals surface area contributed by atoms with Crippen molar-refractivity contribution in [1.29, 1.82) is 0 Å². The zero-order chi connectivity index (χ0) is 8.36. The smallest absolute Gasteiger partial charge is 0.215 e. The minimum absolute atomic E-state index is 0.177. The zero-order valence-electron chi connectivity index (χ0n) is 5.91. The molecule has 0 amide bonds. The molecule has 0 bridgehead atoms. The monoisotopic (exact) mass is 186 g/mol. The Kier molecular flexibility index (Phi) is 3.58. The highest BCUT2D eigenvalue weighted by molar-refractivity contribution is 7.87. The highest BCUT2D eigenvalue weighted by atomic mass is 35.5. The molecule has 10 heavy (non-hydrogen) atoms. The quantitative estimate of drug-likeness (QED) is 0.645. The Hall–Kier alpha value is 0.160. The highest BCUT2D eigenvalue weighted by Gasteiger charge is 2.14. The van der Waals surface area contributed by atoms with Crippen molar-refractivity contribution in [2.75, 3.05) is 6.54 Å². The second-order valence-corrected chi connectivity index (χ2v) is 4.49. The molecule has 0 spiro atoms. The van der Waals surface area contributed by atoms with Crippen LogP contribution in [0.15, 0.2) is 0 Å². The summed E-state index contributed by atoms with van der Waals surface area (Å²) < 4.78 is 21.5. The average Bonchev–Trinajstić information content (AvgIpc) is 1.60. The van der Waals surface area contributed by atoms with Crippen molar-refractivity contribution < 1.29 is 8.42 Å². The molecule has 0 aromatic carbocycles. The van der Waals surface area contributed by atoms with E-state index in [-0.39, 0.29) is 12.5 Å². The van der Waals surface area contributed by atoms with E-state index in [4.69, 9.17) is 16.9 Å². The standard InChI is InChI=1S/C4H11ClN2O2S/c1-4(2)3-7(5)10(6,8)9/h4H,3H2,1-2H3,(H2,6,8,9). The van der Waals surface area contributed by atoms with E-state index in [0.29, 0.717) is 3.82 Å². The van der Waals surface area contributed by atoms with E-state index in [1.165, 1.54) is 0 Å². The summed E-state index contributed by atoms with van der Waals surface area (Å²) in [6, 6.07) is 0. The van der Waals surface area contributed by atoms with Crippen molar-refractivity contribution in [1.82, 2.24) is 3.82 Å². The first kappa shape index (κ1) is 10.2. The number of hydrogen-bond donors (Lipinski definition) is 1. The molecule has 0 atom stereocenters. The van der Waals surface area contributed by atoms with Crippen molar-refractivity contribution >= 4 is 22.0 Å². The van der Waals surface area contributed by atoms with Crippen LogP contribution >= 0.6 is 11.8 Å². The Labute approximate surface area is 66.2 Å². The van der Waals surface area contributed by atoms with Crippen molar-refractivity contribution in [3.05, 3.63) is 0 Å². The Morgan fingerprint density at radius 2 is 2.00 bits per heavy atom. The Bertz CT molecular complexity index is 189. The Morgan fingerprint density at radius 3 is 2.10 bits per heavy atom. The van der Waals surface area contributed by atoms with Crippen molar-refractivity contribution in [3.8, 4) is 0 Å². The van der Waals surface area contributed by atoms with Crippen molar-refractivity contribution in [3.63, 3.8) is 0 Å². The molecule has 0 rings (SSSR count). The number of nitrogens with two attached hydrogens (primary N) is 1. The van der Waals surface area contributed by atoms with Crippen LogP contribution < -0.4 is 5.14 Å². The summed E-state index contributed by atoms with van der Waals surface area (Å²) in [5.74, 6) is 0.177. The van der Waals surface area contributed by atoms with Crippen LogP contribution in [0.1, 0.15) is 13.8 Å². The molecule has 0 saturated heterocycles. The molecule has 0 unspecified atom stereocenters. The molecule has 0 aromatic rings. The first-order valence-electron chi connectivity index (χ1n) is 2.80. The maximum atomic E-state index is 10.4. The number of rotatable bonds is 3. The van der Waals surface area contributed by atoms with E-state index in [2.05, 4.69) is 0 Å². The van der Waals surface area contributed by atoms with E-state index < -0.39 is 10.2 Å². The third-order valence-electron chi connectivity index (χ3n) is 0.785. The van der Waals surface area contributed by atoms with Crippen LogP contribution in [0.3, 0.4) is 0 Å². The van der Waals surface area contributed by atoms with Gasteiger partial charge in [0.2, 0.25) is 0 Å². The lowest BCUT2D eigenvalue weighted by Crippen LogP contribution is -2.31. The lowest BCUT2D eigenvalue weighted by atomic mass is 10.2. The maximum Gasteiger partial charge on any atom is 0.290 e. The van der Waals surface area contributed by atoms with Gasteiger partial charge in [0.1, 0.15) is 0 Å². The molecule has 0 aliphatic rings. The summed E-state index contributed by atoms with van der Waals surface area (Å²) in [7, 11) is -3.70. The minimum atomic E-state index is -3.70. The second kappa shape index (κ2) is 3.52. The molecule has 0 fully saturated rings. The van der Waals surface area contributed by atoms with Gasteiger partial charge in [-0.15, -0.1) is 3.82 Å². The van der Waals surface area contributed by atoms with Crippen LogP contribution in [0, 0.1) is 5.92 Å². The molecular weight excluding hydrogens is 176 g/mol. The molecule has 0 aliphatic heterocycles. The van der Waals surface area contributed by atoms with Gasteiger partial charge in [0, 0.05) is 6.54 Å². The highest BCUT2D eigenvalue weighted by Crippen LogP contribution is 2.04. The number of halogens is 1. The molecule has 0 saturated carbocycles. The summed E-state index contributed by atoms with van der Waals surface area (Å²) in [6.07, 6.45) is 0. The van der Waals surface area contributed by atoms with Crippen LogP contribution in [-0.4, -0.2) is 18.8 Å². The van der Waals surface area contributed by atoms with Gasteiger partial charge in [0.15, 0.2) is 0 Å². The van der Waals surface area contributed by atoms with Crippen LogP contribution in [0.25, 0.3) is 0 Å². The third-order valence-corrected chi connectivity index (χ3v) is 2.20. The van der Waals surface area contributed by atoms with E-state index in [0.717, 1.165) is 0 Å². The normalized spacial score (nSPS) is 13.0. The first-order valence-corrected chi connectivity index (χ1v) is 4.64. The zero-order valence-corrected chi connectivity index (χ0v) is 7.48. The van der Waals surface area contributed by atoms with Gasteiger partial charge in [0.05, 0.1) is 0 Å². The number of hydrogen-bond acceptors (Lipinski definition) is 2. The third kappa shape index (κ3) is 4.05. The molecule has 0 aliphatic carbocycles. The molecule has 0 heterocycles. The summed E-state index contributed by atoms with van der Waals surface area (Å²) in [4.78, 5) is 0. The van der Waals surface area contributed by atoms with Crippen molar-refractivity contribution in [2.24, 2.45) is 11.1 Å². The van der Waals surface area contributed by atoms with Crippen LogP contribution in [0.4, 0.5) is 0 Å². The summed E-state index contributed by atoms with van der Waals surface area (Å²) in [5, 5.41) is 4.69. The Balaban J connectivity index is 3.99. The van der Waals surface area contributed by atoms with E-state index in [1.807, 2.05) is 13.8 Å². The van der Waals surface area contributed by atoms with Crippen LogP contribution in [-0.2, 0) is 10.2 Å². The maximum absolute atomic E-state index is 10.4. The fourth-order valence-corrected chi connectivity index (χ4v) is 1.17. The SMILES string of the molecule is CC(C)CN(Cl)S(N)(=O)=O. The molecule has 6 heteroatoms. The molecule has 2 N–H and O–H groups in total. The average molecular weight is 187 g/mol. The van der Waals surface area contributed by atoms with Crippen LogP contribution in [0.2, 0.25) is 0 Å². The van der Waals surface area contributed by atoms with Gasteiger partial charge in [-0.05, 0) is 17.7 Å². The first-order chi connectivity index (χ1) is 4.34. The predicted molar refractivity (Wildman–Crippen MR) is 40.5 cm³/mol. The fourth-order valence-electron chi connectivity index (χ4n) is 0.391. The molecule has 0 radical (unpaired) electrons. The topological polar surface area (TPSA) is 63.4 Å². The summed E-state index contributed by atoms with van der Waals surface area (Å²) >= 11 is 5.27. The van der Waals surface area contributed by atoms with Gasteiger partial charge in [-0.3, -0.25) is 0 Å². The van der Waals surface area contributed by atoms with E-state index in [9.17, 15) is 8.42 Å². The van der Waals surface area contributed by atoms with Gasteiger partial charge in [-0.2, -0.15) is 8.42 Å². The molecular formula is C4H11ClN2O2S. The van der Waals surface area contributed by atoms with Gasteiger partial charge >= 0.3 is 0 Å². The molecule has 0 aromatic heterocycles. The van der Waals surface area contributed by atoms with Crippen LogP contribution in [0.5, 0.6) is 0 Å². The lowest BCUT2D eigenvalue weighted by Gasteiger charge is -2.11. The van der Waals surface area contributed by atoms with E-state index >= 15 is 0 Å². The van der Waals surface area contributed by atoms with Gasteiger partial charge in [-0.1, -0.05) is 13.8 Å². The number of nitrogens with zero attached hydrogens (tertiary/aromatic N) is 1. The fraction of sp³-hybridized carbons (Fsp3) is 1.00. The van der Waals surface area contributed by atoms with Gasteiger partial charge in [-0.25, -0.2) is 5.14 Å². The van der Waals surface area contributed by atoms with E-state index in [1.54, 1.807) is 0 Å². The van der Waals surface area contributed by atoms with Gasteiger partial charge in [0.25, 0.3) is 10.2 Å². The lowest BCUT2D eigenvalue weighted by molar-refractivity contribution is 0.487. The summed E-state index contributed by atoms with van der Waals surface area (Å²) in [6.45, 7) is 3.93. The molecule has 4 nitrogen and oxygen atoms in total. The summed E-state index contributed by atoms with van der Waals surface area (Å²) in [5.41, 5.74) is 0. The minimum Gasteiger partial charge on any atom is -0.215 e. The van der Waals surface area contributed by atoms with Crippen molar-refractivity contribution in [2.45, 2.75) is 13.8 Å². The largest absolute Gasteiger partial charge is 0.290 e. The Morgan fingerprint density at radius 1 is 1.60 bits per heavy atom. The van der Waals surface area contributed by atoms with Gasteiger partial charge < -0.3 is 0 Å². The molecule has 62 valence electrons.